The summed E-state index contributed by atoms with van der Waals surface area (Å²) in [6, 6.07) is -0.671. The minimum Gasteiger partial charge on any atom is -0.467 e. The van der Waals surface area contributed by atoms with Crippen LogP contribution in [0, 0.1) is 0 Å². The number of amides is 1. The van der Waals surface area contributed by atoms with E-state index in [4.69, 9.17) is 4.74 Å². The third kappa shape index (κ3) is 3.72. The van der Waals surface area contributed by atoms with Crippen molar-refractivity contribution in [3.8, 4) is 0 Å². The molecule has 0 saturated carbocycles. The summed E-state index contributed by atoms with van der Waals surface area (Å²) in [7, 11) is 1.26. The monoisotopic (exact) mass is 257 g/mol. The van der Waals surface area contributed by atoms with Gasteiger partial charge >= 0.3 is 11.9 Å². The number of likely N-dealkylation sites (tertiary alicyclic amines) is 1. The second-order valence-electron chi connectivity index (χ2n) is 5.19. The molecule has 6 heteroatoms. The van der Waals surface area contributed by atoms with Gasteiger partial charge in [-0.15, -0.1) is 0 Å². The lowest BCUT2D eigenvalue weighted by Crippen LogP contribution is -2.43. The Balaban J connectivity index is 2.65. The van der Waals surface area contributed by atoms with E-state index < -0.39 is 23.6 Å². The van der Waals surface area contributed by atoms with E-state index in [1.165, 1.54) is 12.0 Å². The van der Waals surface area contributed by atoms with Crippen LogP contribution in [-0.2, 0) is 23.9 Å². The number of rotatable bonds is 3. The Kier molecular flexibility index (Phi) is 4.32. The van der Waals surface area contributed by atoms with Gasteiger partial charge in [0.25, 0.3) is 0 Å². The number of carbonyl (C=O) groups is 3. The molecule has 1 amide bonds. The Morgan fingerprint density at radius 3 is 2.50 bits per heavy atom. The second-order valence-corrected chi connectivity index (χ2v) is 5.19. The number of hydrogen-bond donors (Lipinski definition) is 0. The zero-order chi connectivity index (χ0) is 13.9. The lowest BCUT2D eigenvalue weighted by atomic mass is 10.2. The molecule has 6 nitrogen and oxygen atoms in total. The third-order valence-electron chi connectivity index (χ3n) is 2.52. The fourth-order valence-electron chi connectivity index (χ4n) is 1.83. The van der Waals surface area contributed by atoms with Crippen LogP contribution < -0.4 is 0 Å². The first-order chi connectivity index (χ1) is 8.24. The lowest BCUT2D eigenvalue weighted by Gasteiger charge is -2.25. The van der Waals surface area contributed by atoms with Gasteiger partial charge in [0.05, 0.1) is 7.11 Å². The normalized spacial score (nSPS) is 19.9. The summed E-state index contributed by atoms with van der Waals surface area (Å²) in [6.07, 6.45) is 0.636. The minimum atomic E-state index is -0.671. The van der Waals surface area contributed by atoms with Gasteiger partial charge in [0.15, 0.2) is 0 Å². The molecular formula is C12H19NO5. The van der Waals surface area contributed by atoms with E-state index in [2.05, 4.69) is 4.74 Å². The fourth-order valence-corrected chi connectivity index (χ4v) is 1.83. The van der Waals surface area contributed by atoms with Gasteiger partial charge in [-0.2, -0.15) is 0 Å². The smallest absolute Gasteiger partial charge is 0.328 e. The van der Waals surface area contributed by atoms with Crippen molar-refractivity contribution in [3.63, 3.8) is 0 Å². The van der Waals surface area contributed by atoms with Gasteiger partial charge in [-0.25, -0.2) is 4.79 Å². The fraction of sp³-hybridized carbons (Fsp3) is 0.750. The van der Waals surface area contributed by atoms with Crippen molar-refractivity contribution in [1.29, 1.82) is 0 Å². The van der Waals surface area contributed by atoms with Gasteiger partial charge < -0.3 is 14.4 Å². The quantitative estimate of drug-likeness (QED) is 0.688. The maximum Gasteiger partial charge on any atom is 0.328 e. The molecule has 0 spiro atoms. The highest BCUT2D eigenvalue weighted by molar-refractivity contribution is 5.90. The summed E-state index contributed by atoms with van der Waals surface area (Å²) in [4.78, 5) is 36.0. The SMILES string of the molecule is COC(=O)[C@H]1CCC(=O)N1CC(=O)OC(C)(C)C. The molecule has 0 unspecified atom stereocenters. The molecule has 0 aromatic heterocycles. The Morgan fingerprint density at radius 2 is 2.00 bits per heavy atom. The second kappa shape index (κ2) is 5.37. The molecule has 1 saturated heterocycles. The van der Waals surface area contributed by atoms with Crippen molar-refractivity contribution in [2.24, 2.45) is 0 Å². The minimum absolute atomic E-state index is 0.212. The Morgan fingerprint density at radius 1 is 1.39 bits per heavy atom. The number of hydrogen-bond acceptors (Lipinski definition) is 5. The number of esters is 2. The molecule has 0 radical (unpaired) electrons. The van der Waals surface area contributed by atoms with Crippen molar-refractivity contribution in [3.05, 3.63) is 0 Å². The average molecular weight is 257 g/mol. The summed E-state index contributed by atoms with van der Waals surface area (Å²) in [6.45, 7) is 5.02. The van der Waals surface area contributed by atoms with E-state index in [1.807, 2.05) is 0 Å². The van der Waals surface area contributed by atoms with E-state index in [-0.39, 0.29) is 18.9 Å². The van der Waals surface area contributed by atoms with Gasteiger partial charge in [0.1, 0.15) is 18.2 Å². The molecule has 0 aromatic rings. The van der Waals surface area contributed by atoms with Crippen LogP contribution in [0.3, 0.4) is 0 Å². The van der Waals surface area contributed by atoms with Crippen LogP contribution in [0.15, 0.2) is 0 Å². The third-order valence-corrected chi connectivity index (χ3v) is 2.52. The summed E-state index contributed by atoms with van der Waals surface area (Å²) >= 11 is 0. The van der Waals surface area contributed by atoms with Crippen LogP contribution in [0.2, 0.25) is 0 Å². The van der Waals surface area contributed by atoms with Crippen LogP contribution in [-0.4, -0.2) is 48.0 Å². The summed E-state index contributed by atoms with van der Waals surface area (Å²) in [5.74, 6) is -1.24. The molecule has 0 aliphatic carbocycles. The first-order valence-corrected chi connectivity index (χ1v) is 5.84. The highest BCUT2D eigenvalue weighted by Crippen LogP contribution is 2.20. The van der Waals surface area contributed by atoms with Crippen molar-refractivity contribution >= 4 is 17.8 Å². The molecule has 1 fully saturated rings. The molecule has 102 valence electrons. The van der Waals surface area contributed by atoms with Crippen molar-refractivity contribution in [2.75, 3.05) is 13.7 Å². The molecular weight excluding hydrogens is 238 g/mol. The molecule has 18 heavy (non-hydrogen) atoms. The van der Waals surface area contributed by atoms with E-state index in [0.717, 1.165) is 0 Å². The maximum absolute atomic E-state index is 11.6. The topological polar surface area (TPSA) is 72.9 Å². The van der Waals surface area contributed by atoms with Crippen molar-refractivity contribution in [2.45, 2.75) is 45.3 Å². The van der Waals surface area contributed by atoms with Crippen molar-refractivity contribution in [1.82, 2.24) is 4.90 Å². The lowest BCUT2D eigenvalue weighted by molar-refractivity contribution is -0.161. The van der Waals surface area contributed by atoms with Crippen LogP contribution >= 0.6 is 0 Å². The van der Waals surface area contributed by atoms with E-state index in [9.17, 15) is 14.4 Å². The van der Waals surface area contributed by atoms with Gasteiger partial charge in [0, 0.05) is 6.42 Å². The van der Waals surface area contributed by atoms with Gasteiger partial charge in [-0.1, -0.05) is 0 Å². The molecule has 0 bridgehead atoms. The first kappa shape index (κ1) is 14.5. The molecule has 1 rings (SSSR count). The van der Waals surface area contributed by atoms with Crippen LogP contribution in [0.1, 0.15) is 33.6 Å². The van der Waals surface area contributed by atoms with Gasteiger partial charge in [-0.05, 0) is 27.2 Å². The van der Waals surface area contributed by atoms with Crippen molar-refractivity contribution < 1.29 is 23.9 Å². The van der Waals surface area contributed by atoms with Crippen LogP contribution in [0.4, 0.5) is 0 Å². The standard InChI is InChI=1S/C12H19NO5/c1-12(2,3)18-10(15)7-13-8(11(16)17-4)5-6-9(13)14/h8H,5-7H2,1-4H3/t8-/m1/s1. The highest BCUT2D eigenvalue weighted by atomic mass is 16.6. The molecule has 1 heterocycles. The maximum atomic E-state index is 11.6. The largest absolute Gasteiger partial charge is 0.467 e. The Hall–Kier alpha value is -1.59. The molecule has 0 aromatic carbocycles. The van der Waals surface area contributed by atoms with E-state index in [1.54, 1.807) is 20.8 Å². The zero-order valence-corrected chi connectivity index (χ0v) is 11.2. The van der Waals surface area contributed by atoms with E-state index in [0.29, 0.717) is 6.42 Å². The summed E-state index contributed by atoms with van der Waals surface area (Å²) in [5.41, 5.74) is -0.610. The average Bonchev–Trinajstić information content (AvgIpc) is 2.57. The number of nitrogens with zero attached hydrogens (tertiary/aromatic N) is 1. The van der Waals surface area contributed by atoms with Crippen LogP contribution in [0.25, 0.3) is 0 Å². The molecule has 1 aliphatic heterocycles. The number of ether oxygens (including phenoxy) is 2. The zero-order valence-electron chi connectivity index (χ0n) is 11.2. The van der Waals surface area contributed by atoms with E-state index >= 15 is 0 Å². The summed E-state index contributed by atoms with van der Waals surface area (Å²) in [5, 5.41) is 0. The predicted molar refractivity (Wildman–Crippen MR) is 62.6 cm³/mol. The predicted octanol–water partition coefficient (Wildman–Crippen LogP) is 0.492. The van der Waals surface area contributed by atoms with Crippen LogP contribution in [0.5, 0.6) is 0 Å². The number of methoxy groups -OCH3 is 1. The molecule has 1 aliphatic rings. The number of carbonyl (C=O) groups excluding carboxylic acids is 3. The van der Waals surface area contributed by atoms with Gasteiger partial charge in [0.2, 0.25) is 5.91 Å². The summed E-state index contributed by atoms with van der Waals surface area (Å²) < 4.78 is 9.73. The Bertz CT molecular complexity index is 358. The first-order valence-electron chi connectivity index (χ1n) is 5.84. The Labute approximate surface area is 106 Å². The molecule has 1 atom stereocenters. The highest BCUT2D eigenvalue weighted by Gasteiger charge is 2.38. The molecule has 0 N–H and O–H groups in total. The van der Waals surface area contributed by atoms with Gasteiger partial charge in [-0.3, -0.25) is 9.59 Å².